The van der Waals surface area contributed by atoms with Crippen LogP contribution in [-0.2, 0) is 4.74 Å². The van der Waals surface area contributed by atoms with Gasteiger partial charge in [0.2, 0.25) is 0 Å². The molecule has 100 valence electrons. The van der Waals surface area contributed by atoms with Crippen molar-refractivity contribution >= 4 is 11.4 Å². The number of nitriles is 1. The van der Waals surface area contributed by atoms with E-state index in [1.807, 2.05) is 6.07 Å². The summed E-state index contributed by atoms with van der Waals surface area (Å²) in [5, 5.41) is 22.7. The molecule has 6 nitrogen and oxygen atoms in total. The lowest BCUT2D eigenvalue weighted by molar-refractivity contribution is -0.384. The third-order valence-corrected chi connectivity index (χ3v) is 3.13. The fraction of sp³-hybridized carbons (Fsp3) is 0.462. The number of anilines is 1. The summed E-state index contributed by atoms with van der Waals surface area (Å²) in [6.45, 7) is 1.43. The van der Waals surface area contributed by atoms with Crippen molar-refractivity contribution in [3.8, 4) is 6.07 Å². The Kier molecular flexibility index (Phi) is 4.31. The Morgan fingerprint density at radius 1 is 1.58 bits per heavy atom. The summed E-state index contributed by atoms with van der Waals surface area (Å²) in [6, 6.07) is 6.33. The third-order valence-electron chi connectivity index (χ3n) is 3.13. The third kappa shape index (κ3) is 3.42. The molecule has 0 amide bonds. The number of nitrogens with zero attached hydrogens (tertiary/aromatic N) is 2. The highest BCUT2D eigenvalue weighted by Crippen LogP contribution is 2.25. The van der Waals surface area contributed by atoms with Crippen molar-refractivity contribution in [2.45, 2.75) is 25.4 Å². The summed E-state index contributed by atoms with van der Waals surface area (Å²) in [4.78, 5) is 10.5. The van der Waals surface area contributed by atoms with Gasteiger partial charge >= 0.3 is 0 Å². The molecule has 0 saturated carbocycles. The minimum Gasteiger partial charge on any atom is -0.379 e. The van der Waals surface area contributed by atoms with Gasteiger partial charge in [-0.2, -0.15) is 5.26 Å². The number of benzene rings is 1. The molecule has 6 heteroatoms. The summed E-state index contributed by atoms with van der Waals surface area (Å²) in [5.41, 5.74) is 0.671. The normalized spacial score (nSPS) is 17.9. The van der Waals surface area contributed by atoms with E-state index < -0.39 is 4.92 Å². The average molecular weight is 261 g/mol. The predicted octanol–water partition coefficient (Wildman–Crippen LogP) is 2.45. The zero-order valence-electron chi connectivity index (χ0n) is 10.5. The van der Waals surface area contributed by atoms with Crippen LogP contribution < -0.4 is 5.32 Å². The van der Waals surface area contributed by atoms with E-state index in [-0.39, 0.29) is 17.4 Å². The van der Waals surface area contributed by atoms with Crippen molar-refractivity contribution in [1.29, 1.82) is 5.26 Å². The van der Waals surface area contributed by atoms with E-state index in [1.165, 1.54) is 6.07 Å². The molecule has 1 saturated heterocycles. The van der Waals surface area contributed by atoms with Gasteiger partial charge in [0.25, 0.3) is 5.69 Å². The van der Waals surface area contributed by atoms with Gasteiger partial charge in [0, 0.05) is 19.2 Å². The molecule has 1 aliphatic heterocycles. The Morgan fingerprint density at radius 2 is 2.42 bits per heavy atom. The molecule has 1 N–H and O–H groups in total. The topological polar surface area (TPSA) is 88.2 Å². The summed E-state index contributed by atoms with van der Waals surface area (Å²) in [6.07, 6.45) is 3.22. The van der Waals surface area contributed by atoms with Crippen molar-refractivity contribution < 1.29 is 9.66 Å². The van der Waals surface area contributed by atoms with Crippen LogP contribution >= 0.6 is 0 Å². The zero-order chi connectivity index (χ0) is 13.7. The summed E-state index contributed by atoms with van der Waals surface area (Å²) >= 11 is 0. The quantitative estimate of drug-likeness (QED) is 0.649. The van der Waals surface area contributed by atoms with Crippen molar-refractivity contribution in [1.82, 2.24) is 0 Å². The number of nitro benzene ring substituents is 1. The number of hydrogen-bond acceptors (Lipinski definition) is 5. The highest BCUT2D eigenvalue weighted by atomic mass is 16.6. The molecule has 1 heterocycles. The second kappa shape index (κ2) is 6.16. The van der Waals surface area contributed by atoms with Crippen molar-refractivity contribution in [2.24, 2.45) is 0 Å². The van der Waals surface area contributed by atoms with Crippen LogP contribution in [-0.4, -0.2) is 24.2 Å². The van der Waals surface area contributed by atoms with Crippen molar-refractivity contribution in [2.75, 3.05) is 18.5 Å². The Labute approximate surface area is 111 Å². The monoisotopic (exact) mass is 261 g/mol. The smallest absolute Gasteiger partial charge is 0.293 e. The number of rotatable bonds is 5. The van der Waals surface area contributed by atoms with Gasteiger partial charge in [-0.15, -0.1) is 0 Å². The first-order valence-corrected chi connectivity index (χ1v) is 6.24. The SMILES string of the molecule is N#Cc1ccc(NCC[C@H]2CCCO2)c([N+](=O)[O-])c1. The molecule has 1 aromatic rings. The minimum absolute atomic E-state index is 0.0635. The molecule has 0 bridgehead atoms. The van der Waals surface area contributed by atoms with Crippen LogP contribution in [0, 0.1) is 21.4 Å². The van der Waals surface area contributed by atoms with Crippen LogP contribution in [0.1, 0.15) is 24.8 Å². The fourth-order valence-electron chi connectivity index (χ4n) is 2.14. The van der Waals surface area contributed by atoms with E-state index in [2.05, 4.69) is 5.32 Å². The van der Waals surface area contributed by atoms with Crippen LogP contribution in [0.2, 0.25) is 0 Å². The van der Waals surface area contributed by atoms with E-state index in [4.69, 9.17) is 10.00 Å². The summed E-state index contributed by atoms with van der Waals surface area (Å²) in [5.74, 6) is 0. The second-order valence-electron chi connectivity index (χ2n) is 4.45. The molecule has 1 fully saturated rings. The maximum Gasteiger partial charge on any atom is 0.293 e. The predicted molar refractivity (Wildman–Crippen MR) is 69.9 cm³/mol. The standard InChI is InChI=1S/C13H15N3O3/c14-9-10-3-4-12(13(8-10)16(17)18)15-6-5-11-2-1-7-19-11/h3-4,8,11,15H,1-2,5-7H2/t11-/m1/s1. The lowest BCUT2D eigenvalue weighted by Crippen LogP contribution is -2.13. The molecule has 0 aliphatic carbocycles. The zero-order valence-corrected chi connectivity index (χ0v) is 10.5. The molecule has 0 spiro atoms. The highest BCUT2D eigenvalue weighted by Gasteiger charge is 2.17. The molecular formula is C13H15N3O3. The molecule has 19 heavy (non-hydrogen) atoms. The van der Waals surface area contributed by atoms with Crippen LogP contribution in [0.5, 0.6) is 0 Å². The van der Waals surface area contributed by atoms with E-state index in [0.717, 1.165) is 25.9 Å². The molecule has 0 unspecified atom stereocenters. The molecule has 1 aromatic carbocycles. The van der Waals surface area contributed by atoms with Crippen LogP contribution in [0.15, 0.2) is 18.2 Å². The van der Waals surface area contributed by atoms with Crippen molar-refractivity contribution in [3.05, 3.63) is 33.9 Å². The number of nitrogens with one attached hydrogen (secondary N) is 1. The maximum atomic E-state index is 10.9. The number of nitro groups is 1. The van der Waals surface area contributed by atoms with E-state index in [0.29, 0.717) is 12.2 Å². The Bertz CT molecular complexity index is 504. The second-order valence-corrected chi connectivity index (χ2v) is 4.45. The molecule has 2 rings (SSSR count). The summed E-state index contributed by atoms with van der Waals surface area (Å²) < 4.78 is 5.49. The first-order chi connectivity index (χ1) is 9.20. The summed E-state index contributed by atoms with van der Waals surface area (Å²) in [7, 11) is 0. The van der Waals surface area contributed by atoms with E-state index in [1.54, 1.807) is 12.1 Å². The lowest BCUT2D eigenvalue weighted by Gasteiger charge is -2.11. The first kappa shape index (κ1) is 13.3. The van der Waals surface area contributed by atoms with Gasteiger partial charge in [0.15, 0.2) is 0 Å². The number of hydrogen-bond donors (Lipinski definition) is 1. The largest absolute Gasteiger partial charge is 0.379 e. The fourth-order valence-corrected chi connectivity index (χ4v) is 2.14. The molecule has 1 aliphatic rings. The highest BCUT2D eigenvalue weighted by molar-refractivity contribution is 5.63. The maximum absolute atomic E-state index is 10.9. The van der Waals surface area contributed by atoms with Gasteiger partial charge in [-0.1, -0.05) is 0 Å². The first-order valence-electron chi connectivity index (χ1n) is 6.24. The minimum atomic E-state index is -0.477. The lowest BCUT2D eigenvalue weighted by atomic mass is 10.1. The van der Waals surface area contributed by atoms with Crippen LogP contribution in [0.25, 0.3) is 0 Å². The molecule has 0 radical (unpaired) electrons. The van der Waals surface area contributed by atoms with Crippen LogP contribution in [0.3, 0.4) is 0 Å². The Hall–Kier alpha value is -2.13. The van der Waals surface area contributed by atoms with Gasteiger partial charge < -0.3 is 10.1 Å². The van der Waals surface area contributed by atoms with E-state index >= 15 is 0 Å². The van der Waals surface area contributed by atoms with Gasteiger partial charge in [-0.3, -0.25) is 10.1 Å². The average Bonchev–Trinajstić information content (AvgIpc) is 2.92. The van der Waals surface area contributed by atoms with Gasteiger partial charge in [-0.25, -0.2) is 0 Å². The van der Waals surface area contributed by atoms with E-state index in [9.17, 15) is 10.1 Å². The Balaban J connectivity index is 1.98. The van der Waals surface area contributed by atoms with Gasteiger partial charge in [0.05, 0.1) is 22.7 Å². The van der Waals surface area contributed by atoms with Crippen molar-refractivity contribution in [3.63, 3.8) is 0 Å². The van der Waals surface area contributed by atoms with Crippen LogP contribution in [0.4, 0.5) is 11.4 Å². The molecular weight excluding hydrogens is 246 g/mol. The Morgan fingerprint density at radius 3 is 3.05 bits per heavy atom. The number of ether oxygens (including phenoxy) is 1. The molecule has 1 atom stereocenters. The molecule has 0 aromatic heterocycles. The van der Waals surface area contributed by atoms with Gasteiger partial charge in [-0.05, 0) is 31.4 Å². The van der Waals surface area contributed by atoms with Gasteiger partial charge in [0.1, 0.15) is 5.69 Å².